The first kappa shape index (κ1) is 16.9. The molecule has 1 saturated heterocycles. The molecule has 1 unspecified atom stereocenters. The number of furan rings is 1. The lowest BCUT2D eigenvalue weighted by Crippen LogP contribution is -2.34. The summed E-state index contributed by atoms with van der Waals surface area (Å²) >= 11 is 6.00. The molecule has 0 bridgehead atoms. The second kappa shape index (κ2) is 7.38. The largest absolute Gasteiger partial charge is 0.461 e. The molecule has 1 atom stereocenters. The molecule has 1 aliphatic rings. The van der Waals surface area contributed by atoms with Crippen molar-refractivity contribution < 1.29 is 13.7 Å². The van der Waals surface area contributed by atoms with Gasteiger partial charge in [-0.05, 0) is 42.7 Å². The third-order valence-electron chi connectivity index (χ3n) is 4.79. The third kappa shape index (κ3) is 3.53. The van der Waals surface area contributed by atoms with Crippen LogP contribution in [0.25, 0.3) is 11.5 Å². The van der Waals surface area contributed by atoms with Gasteiger partial charge in [-0.3, -0.25) is 4.79 Å². The Hall–Kier alpha value is -2.53. The van der Waals surface area contributed by atoms with E-state index in [4.69, 9.17) is 20.5 Å². The van der Waals surface area contributed by atoms with Crippen molar-refractivity contribution in [1.82, 2.24) is 10.1 Å². The van der Waals surface area contributed by atoms with Crippen molar-refractivity contribution >= 4 is 17.5 Å². The molecule has 0 saturated carbocycles. The van der Waals surface area contributed by atoms with Gasteiger partial charge in [0.05, 0.1) is 6.26 Å². The van der Waals surface area contributed by atoms with Crippen molar-refractivity contribution in [1.29, 1.82) is 0 Å². The summed E-state index contributed by atoms with van der Waals surface area (Å²) in [6, 6.07) is 13.1. The molecule has 0 spiro atoms. The minimum Gasteiger partial charge on any atom is -0.461 e. The van der Waals surface area contributed by atoms with Gasteiger partial charge in [0.15, 0.2) is 11.5 Å². The molecule has 1 aromatic carbocycles. The molecular formula is C20H19ClN2O3. The molecule has 2 aromatic heterocycles. The molecule has 26 heavy (non-hydrogen) atoms. The number of benzene rings is 1. The van der Waals surface area contributed by atoms with Crippen LogP contribution in [0.1, 0.15) is 41.2 Å². The number of carbonyl (C=O) groups is 1. The standard InChI is InChI=1S/C20H19ClN2O3/c21-16-8-6-14(7-9-16)15-4-1-2-10-23(13-15)20(24)17-12-19(26-22-17)18-5-3-11-25-18/h3,5-9,11-12,15H,1-2,4,10,13H2. The quantitative estimate of drug-likeness (QED) is 0.651. The SMILES string of the molecule is O=C(c1cc(-c2ccco2)on1)N1CCCCC(c2ccc(Cl)cc2)C1. The van der Waals surface area contributed by atoms with Crippen molar-refractivity contribution in [2.24, 2.45) is 0 Å². The van der Waals surface area contributed by atoms with Gasteiger partial charge in [0.1, 0.15) is 0 Å². The number of hydrogen-bond donors (Lipinski definition) is 0. The molecule has 3 heterocycles. The maximum atomic E-state index is 12.9. The number of rotatable bonds is 3. The molecular weight excluding hydrogens is 352 g/mol. The summed E-state index contributed by atoms with van der Waals surface area (Å²) in [5, 5.41) is 4.67. The number of likely N-dealkylation sites (tertiary alicyclic amines) is 1. The fourth-order valence-electron chi connectivity index (χ4n) is 3.41. The highest BCUT2D eigenvalue weighted by Crippen LogP contribution is 2.29. The molecule has 5 nitrogen and oxygen atoms in total. The maximum Gasteiger partial charge on any atom is 0.276 e. The van der Waals surface area contributed by atoms with Crippen LogP contribution in [0.3, 0.4) is 0 Å². The topological polar surface area (TPSA) is 59.5 Å². The Kier molecular flexibility index (Phi) is 4.80. The van der Waals surface area contributed by atoms with Crippen LogP contribution in [0, 0.1) is 0 Å². The lowest BCUT2D eigenvalue weighted by molar-refractivity contribution is 0.0744. The van der Waals surface area contributed by atoms with E-state index in [1.54, 1.807) is 24.5 Å². The van der Waals surface area contributed by atoms with E-state index in [1.807, 2.05) is 29.2 Å². The van der Waals surface area contributed by atoms with E-state index in [0.29, 0.717) is 29.7 Å². The molecule has 134 valence electrons. The minimum absolute atomic E-state index is 0.104. The van der Waals surface area contributed by atoms with E-state index >= 15 is 0 Å². The molecule has 1 amide bonds. The van der Waals surface area contributed by atoms with Gasteiger partial charge in [0.25, 0.3) is 5.91 Å². The average Bonchev–Trinajstić information content (AvgIpc) is 3.29. The van der Waals surface area contributed by atoms with E-state index in [9.17, 15) is 4.79 Å². The Morgan fingerprint density at radius 3 is 2.77 bits per heavy atom. The molecule has 1 aliphatic heterocycles. The molecule has 0 aliphatic carbocycles. The van der Waals surface area contributed by atoms with Gasteiger partial charge < -0.3 is 13.8 Å². The highest BCUT2D eigenvalue weighted by molar-refractivity contribution is 6.30. The first-order chi connectivity index (χ1) is 12.7. The van der Waals surface area contributed by atoms with Gasteiger partial charge in [-0.15, -0.1) is 0 Å². The molecule has 4 rings (SSSR count). The van der Waals surface area contributed by atoms with Gasteiger partial charge in [-0.25, -0.2) is 0 Å². The fourth-order valence-corrected chi connectivity index (χ4v) is 3.53. The van der Waals surface area contributed by atoms with E-state index in [1.165, 1.54) is 5.56 Å². The average molecular weight is 371 g/mol. The number of amides is 1. The zero-order valence-electron chi connectivity index (χ0n) is 14.2. The van der Waals surface area contributed by atoms with Crippen LogP contribution < -0.4 is 0 Å². The predicted molar refractivity (Wildman–Crippen MR) is 98.2 cm³/mol. The van der Waals surface area contributed by atoms with E-state index < -0.39 is 0 Å². The summed E-state index contributed by atoms with van der Waals surface area (Å²) in [6.07, 6.45) is 4.69. The van der Waals surface area contributed by atoms with Crippen LogP contribution in [0.2, 0.25) is 5.02 Å². The second-order valence-electron chi connectivity index (χ2n) is 6.55. The molecule has 3 aromatic rings. The van der Waals surface area contributed by atoms with Gasteiger partial charge >= 0.3 is 0 Å². The predicted octanol–water partition coefficient (Wildman–Crippen LogP) is 5.00. The summed E-state index contributed by atoms with van der Waals surface area (Å²) in [7, 11) is 0. The highest BCUT2D eigenvalue weighted by Gasteiger charge is 2.26. The summed E-state index contributed by atoms with van der Waals surface area (Å²) in [5.74, 6) is 1.22. The van der Waals surface area contributed by atoms with Gasteiger partial charge in [0.2, 0.25) is 5.76 Å². The van der Waals surface area contributed by atoms with Gasteiger partial charge in [-0.1, -0.05) is 35.3 Å². The van der Waals surface area contributed by atoms with E-state index in [2.05, 4.69) is 5.16 Å². The monoisotopic (exact) mass is 370 g/mol. The third-order valence-corrected chi connectivity index (χ3v) is 5.05. The molecule has 0 N–H and O–H groups in total. The second-order valence-corrected chi connectivity index (χ2v) is 6.99. The zero-order valence-corrected chi connectivity index (χ0v) is 15.0. The zero-order chi connectivity index (χ0) is 17.9. The first-order valence-electron chi connectivity index (χ1n) is 8.76. The van der Waals surface area contributed by atoms with Gasteiger partial charge in [-0.2, -0.15) is 0 Å². The summed E-state index contributed by atoms with van der Waals surface area (Å²) in [5.41, 5.74) is 1.53. The Balaban J connectivity index is 1.52. The van der Waals surface area contributed by atoms with Crippen LogP contribution in [0.5, 0.6) is 0 Å². The van der Waals surface area contributed by atoms with Crippen LogP contribution in [0.15, 0.2) is 57.7 Å². The fraction of sp³-hybridized carbons (Fsp3) is 0.300. The van der Waals surface area contributed by atoms with Gasteiger partial charge in [0, 0.05) is 30.1 Å². The Bertz CT molecular complexity index is 871. The normalized spacial score (nSPS) is 17.9. The lowest BCUT2D eigenvalue weighted by atomic mass is 9.94. The van der Waals surface area contributed by atoms with Crippen molar-refractivity contribution in [3.05, 3.63) is 65.0 Å². The molecule has 0 radical (unpaired) electrons. The number of carbonyl (C=O) groups excluding carboxylic acids is 1. The Labute approximate surface area is 156 Å². The first-order valence-corrected chi connectivity index (χ1v) is 9.14. The van der Waals surface area contributed by atoms with Crippen molar-refractivity contribution in [2.45, 2.75) is 25.2 Å². The number of halogens is 1. The molecule has 6 heteroatoms. The van der Waals surface area contributed by atoms with E-state index in [-0.39, 0.29) is 5.91 Å². The number of hydrogen-bond acceptors (Lipinski definition) is 4. The Morgan fingerprint density at radius 2 is 2.00 bits per heavy atom. The summed E-state index contributed by atoms with van der Waals surface area (Å²) in [4.78, 5) is 14.8. The van der Waals surface area contributed by atoms with Crippen molar-refractivity contribution in [3.8, 4) is 11.5 Å². The van der Waals surface area contributed by atoms with Crippen LogP contribution >= 0.6 is 11.6 Å². The molecule has 1 fully saturated rings. The summed E-state index contributed by atoms with van der Waals surface area (Å²) < 4.78 is 10.6. The Morgan fingerprint density at radius 1 is 1.15 bits per heavy atom. The smallest absolute Gasteiger partial charge is 0.276 e. The van der Waals surface area contributed by atoms with E-state index in [0.717, 1.165) is 30.8 Å². The van der Waals surface area contributed by atoms with Crippen LogP contribution in [0.4, 0.5) is 0 Å². The van der Waals surface area contributed by atoms with Crippen LogP contribution in [-0.2, 0) is 0 Å². The number of aromatic nitrogens is 1. The van der Waals surface area contributed by atoms with Crippen molar-refractivity contribution in [3.63, 3.8) is 0 Å². The summed E-state index contributed by atoms with van der Waals surface area (Å²) in [6.45, 7) is 1.40. The highest BCUT2D eigenvalue weighted by atomic mass is 35.5. The lowest BCUT2D eigenvalue weighted by Gasteiger charge is -2.24. The van der Waals surface area contributed by atoms with Crippen molar-refractivity contribution in [2.75, 3.05) is 13.1 Å². The minimum atomic E-state index is -0.104. The maximum absolute atomic E-state index is 12.9. The number of nitrogens with zero attached hydrogens (tertiary/aromatic N) is 2. The van der Waals surface area contributed by atoms with Crippen LogP contribution in [-0.4, -0.2) is 29.1 Å².